The highest BCUT2D eigenvalue weighted by atomic mass is 35.5. The summed E-state index contributed by atoms with van der Waals surface area (Å²) >= 11 is 9.41. The highest BCUT2D eigenvalue weighted by Crippen LogP contribution is 2.27. The van der Waals surface area contributed by atoms with E-state index in [4.69, 9.17) is 17.3 Å². The highest BCUT2D eigenvalue weighted by Gasteiger charge is 2.07. The topological polar surface area (TPSA) is 38.9 Å². The summed E-state index contributed by atoms with van der Waals surface area (Å²) in [7, 11) is 0. The van der Waals surface area contributed by atoms with Crippen LogP contribution in [0.4, 0.5) is 0 Å². The quantitative estimate of drug-likeness (QED) is 0.851. The third kappa shape index (κ3) is 3.72. The Labute approximate surface area is 121 Å². The van der Waals surface area contributed by atoms with Crippen LogP contribution in [-0.4, -0.2) is 11.5 Å². The van der Waals surface area contributed by atoms with Gasteiger partial charge in [0.1, 0.15) is 5.01 Å². The first-order valence-electron chi connectivity index (χ1n) is 5.72. The van der Waals surface area contributed by atoms with Crippen molar-refractivity contribution in [2.24, 2.45) is 5.73 Å². The molecule has 1 heterocycles. The smallest absolute Gasteiger partial charge is 0.103 e. The van der Waals surface area contributed by atoms with Crippen LogP contribution in [0.25, 0.3) is 0 Å². The molecule has 5 heteroatoms. The number of halogens is 1. The van der Waals surface area contributed by atoms with Crippen molar-refractivity contribution in [3.63, 3.8) is 0 Å². The summed E-state index contributed by atoms with van der Waals surface area (Å²) in [6.07, 6.45) is 0.926. The number of hydrogen-bond donors (Lipinski definition) is 1. The summed E-state index contributed by atoms with van der Waals surface area (Å²) in [4.78, 5) is 7.10. The van der Waals surface area contributed by atoms with Crippen molar-refractivity contribution < 1.29 is 0 Å². The Bertz CT molecular complexity index is 508. The molecule has 0 fully saturated rings. The normalized spacial score (nSPS) is 10.8. The molecule has 0 bridgehead atoms. The molecule has 0 aliphatic heterocycles. The first-order chi connectivity index (χ1) is 8.69. The van der Waals surface area contributed by atoms with Crippen molar-refractivity contribution >= 4 is 34.7 Å². The molecule has 18 heavy (non-hydrogen) atoms. The Morgan fingerprint density at radius 1 is 1.33 bits per heavy atom. The van der Waals surface area contributed by atoms with Crippen LogP contribution in [0.3, 0.4) is 0 Å². The molecule has 2 aromatic rings. The Balaban J connectivity index is 1.97. The zero-order chi connectivity index (χ0) is 13.0. The number of rotatable bonds is 5. The van der Waals surface area contributed by atoms with Crippen LogP contribution < -0.4 is 5.73 Å². The lowest BCUT2D eigenvalue weighted by molar-refractivity contribution is 0.968. The maximum absolute atomic E-state index is 5.86. The van der Waals surface area contributed by atoms with E-state index in [-0.39, 0.29) is 0 Å². The van der Waals surface area contributed by atoms with Crippen LogP contribution in [0.2, 0.25) is 5.02 Å². The average molecular weight is 299 g/mol. The van der Waals surface area contributed by atoms with Crippen LogP contribution in [0.1, 0.15) is 15.6 Å². The first kappa shape index (κ1) is 13.9. The van der Waals surface area contributed by atoms with E-state index in [0.29, 0.717) is 6.54 Å². The standard InChI is InChI=1S/C13H15ClN2S2/c1-9-12(6-7-15)18-13(16-9)8-17-11-4-2-10(14)3-5-11/h2-5H,6-8,15H2,1H3. The predicted octanol–water partition coefficient (Wildman–Crippen LogP) is 3.90. The van der Waals surface area contributed by atoms with Crippen molar-refractivity contribution in [1.82, 2.24) is 4.98 Å². The number of thiazole rings is 1. The van der Waals surface area contributed by atoms with E-state index in [9.17, 15) is 0 Å². The van der Waals surface area contributed by atoms with Gasteiger partial charge in [-0.1, -0.05) is 11.6 Å². The van der Waals surface area contributed by atoms with E-state index in [1.165, 1.54) is 9.77 Å². The minimum absolute atomic E-state index is 0.687. The van der Waals surface area contributed by atoms with Gasteiger partial charge in [-0.05, 0) is 44.2 Å². The number of nitrogens with two attached hydrogens (primary N) is 1. The maximum atomic E-state index is 5.86. The second kappa shape index (κ2) is 6.57. The average Bonchev–Trinajstić information content (AvgIpc) is 2.70. The van der Waals surface area contributed by atoms with Crippen LogP contribution in [-0.2, 0) is 12.2 Å². The molecule has 1 aromatic carbocycles. The molecular formula is C13H15ClN2S2. The molecule has 0 spiro atoms. The number of aromatic nitrogens is 1. The second-order valence-corrected chi connectivity index (χ2v) is 6.55. The summed E-state index contributed by atoms with van der Waals surface area (Å²) in [5.41, 5.74) is 6.70. The highest BCUT2D eigenvalue weighted by molar-refractivity contribution is 7.98. The van der Waals surface area contributed by atoms with E-state index in [1.54, 1.807) is 23.1 Å². The molecule has 0 aliphatic rings. The predicted molar refractivity (Wildman–Crippen MR) is 80.6 cm³/mol. The molecule has 96 valence electrons. The van der Waals surface area contributed by atoms with E-state index in [0.717, 1.165) is 27.9 Å². The fourth-order valence-electron chi connectivity index (χ4n) is 1.59. The summed E-state index contributed by atoms with van der Waals surface area (Å²) in [5.74, 6) is 0.901. The monoisotopic (exact) mass is 298 g/mol. The fourth-order valence-corrected chi connectivity index (χ4v) is 3.69. The number of thioether (sulfide) groups is 1. The number of nitrogens with zero attached hydrogens (tertiary/aromatic N) is 1. The Morgan fingerprint density at radius 3 is 2.72 bits per heavy atom. The van der Waals surface area contributed by atoms with Gasteiger partial charge in [-0.25, -0.2) is 4.98 Å². The minimum Gasteiger partial charge on any atom is -0.330 e. The van der Waals surface area contributed by atoms with Crippen LogP contribution in [0.15, 0.2) is 29.2 Å². The SMILES string of the molecule is Cc1nc(CSc2ccc(Cl)cc2)sc1CCN. The fraction of sp³-hybridized carbons (Fsp3) is 0.308. The van der Waals surface area contributed by atoms with E-state index in [2.05, 4.69) is 11.9 Å². The summed E-state index contributed by atoms with van der Waals surface area (Å²) in [6.45, 7) is 2.74. The van der Waals surface area contributed by atoms with Crippen molar-refractivity contribution in [3.8, 4) is 0 Å². The lowest BCUT2D eigenvalue weighted by Gasteiger charge is -1.98. The zero-order valence-corrected chi connectivity index (χ0v) is 12.5. The van der Waals surface area contributed by atoms with Crippen molar-refractivity contribution in [1.29, 1.82) is 0 Å². The summed E-state index contributed by atoms with van der Waals surface area (Å²) < 4.78 is 0. The molecule has 2 rings (SSSR count). The van der Waals surface area contributed by atoms with Gasteiger partial charge in [0.05, 0.1) is 11.4 Å². The number of hydrogen-bond acceptors (Lipinski definition) is 4. The van der Waals surface area contributed by atoms with Gasteiger partial charge in [0, 0.05) is 14.8 Å². The van der Waals surface area contributed by atoms with Crippen molar-refractivity contribution in [2.75, 3.05) is 6.54 Å². The molecule has 1 aromatic heterocycles. The van der Waals surface area contributed by atoms with Crippen LogP contribution in [0.5, 0.6) is 0 Å². The first-order valence-corrected chi connectivity index (χ1v) is 7.90. The number of aryl methyl sites for hydroxylation is 1. The Morgan fingerprint density at radius 2 is 2.06 bits per heavy atom. The van der Waals surface area contributed by atoms with E-state index in [1.807, 2.05) is 24.3 Å². The molecule has 0 saturated heterocycles. The van der Waals surface area contributed by atoms with Gasteiger partial charge in [-0.2, -0.15) is 0 Å². The van der Waals surface area contributed by atoms with Crippen molar-refractivity contribution in [3.05, 3.63) is 44.9 Å². The minimum atomic E-state index is 0.687. The van der Waals surface area contributed by atoms with Crippen molar-refractivity contribution in [2.45, 2.75) is 24.0 Å². The summed E-state index contributed by atoms with van der Waals surface area (Å²) in [6, 6.07) is 7.90. The number of benzene rings is 1. The molecule has 0 aliphatic carbocycles. The zero-order valence-electron chi connectivity index (χ0n) is 10.1. The van der Waals surface area contributed by atoms with Gasteiger partial charge >= 0.3 is 0 Å². The third-order valence-electron chi connectivity index (χ3n) is 2.48. The molecule has 0 saturated carbocycles. The molecule has 0 atom stereocenters. The molecule has 2 N–H and O–H groups in total. The molecule has 0 radical (unpaired) electrons. The third-order valence-corrected chi connectivity index (χ3v) is 5.16. The second-order valence-electron chi connectivity index (χ2n) is 3.90. The Kier molecular flexibility index (Phi) is 5.06. The lowest BCUT2D eigenvalue weighted by atomic mass is 10.3. The molecule has 0 amide bonds. The summed E-state index contributed by atoms with van der Waals surface area (Å²) in [5, 5.41) is 1.94. The van der Waals surface area contributed by atoms with Gasteiger partial charge in [-0.15, -0.1) is 23.1 Å². The van der Waals surface area contributed by atoms with Crippen LogP contribution in [0, 0.1) is 6.92 Å². The van der Waals surface area contributed by atoms with Gasteiger partial charge in [0.2, 0.25) is 0 Å². The Hall–Kier alpha value is -0.550. The van der Waals surface area contributed by atoms with Gasteiger partial charge in [0.25, 0.3) is 0 Å². The molecule has 2 nitrogen and oxygen atoms in total. The van der Waals surface area contributed by atoms with E-state index < -0.39 is 0 Å². The molecular weight excluding hydrogens is 284 g/mol. The van der Waals surface area contributed by atoms with E-state index >= 15 is 0 Å². The largest absolute Gasteiger partial charge is 0.330 e. The van der Waals surface area contributed by atoms with Gasteiger partial charge in [-0.3, -0.25) is 0 Å². The maximum Gasteiger partial charge on any atom is 0.103 e. The van der Waals surface area contributed by atoms with Crippen LogP contribution >= 0.6 is 34.7 Å². The lowest BCUT2D eigenvalue weighted by Crippen LogP contribution is -2.01. The van der Waals surface area contributed by atoms with Gasteiger partial charge in [0.15, 0.2) is 0 Å². The molecule has 0 unspecified atom stereocenters. The van der Waals surface area contributed by atoms with Gasteiger partial charge < -0.3 is 5.73 Å².